The molecular weight excluding hydrogens is 324 g/mol. The first kappa shape index (κ1) is 17.8. The molecule has 2 heterocycles. The molecule has 0 amide bonds. The van der Waals surface area contributed by atoms with Gasteiger partial charge in [-0.1, -0.05) is 11.6 Å². The van der Waals surface area contributed by atoms with Crippen LogP contribution in [0.5, 0.6) is 11.5 Å². The molecule has 0 aliphatic carbocycles. The van der Waals surface area contributed by atoms with Crippen LogP contribution in [-0.4, -0.2) is 54.7 Å². The van der Waals surface area contributed by atoms with Crippen LogP contribution in [0, 0.1) is 0 Å². The van der Waals surface area contributed by atoms with E-state index in [2.05, 4.69) is 36.6 Å². The first-order valence-electron chi connectivity index (χ1n) is 8.99. The van der Waals surface area contributed by atoms with Crippen molar-refractivity contribution in [2.75, 3.05) is 39.4 Å². The van der Waals surface area contributed by atoms with Gasteiger partial charge < -0.3 is 9.47 Å². The SMILES string of the molecule is CC(C)(C)N1CCCN(Cc2cc(Cl)c3c(c2)OCCCO3)CC1. The summed E-state index contributed by atoms with van der Waals surface area (Å²) in [7, 11) is 0. The third-order valence-corrected chi connectivity index (χ3v) is 5.09. The fraction of sp³-hybridized carbons (Fsp3) is 0.684. The Morgan fingerprint density at radius 1 is 1.00 bits per heavy atom. The summed E-state index contributed by atoms with van der Waals surface area (Å²) in [6.45, 7) is 13.7. The van der Waals surface area contributed by atoms with E-state index in [9.17, 15) is 0 Å². The zero-order chi connectivity index (χ0) is 17.2. The summed E-state index contributed by atoms with van der Waals surface area (Å²) < 4.78 is 11.5. The molecule has 0 bridgehead atoms. The quantitative estimate of drug-likeness (QED) is 0.808. The van der Waals surface area contributed by atoms with Crippen LogP contribution < -0.4 is 9.47 Å². The number of fused-ring (bicyclic) bond motifs is 1. The van der Waals surface area contributed by atoms with E-state index >= 15 is 0 Å². The first-order valence-corrected chi connectivity index (χ1v) is 9.37. The van der Waals surface area contributed by atoms with Crippen molar-refractivity contribution in [1.29, 1.82) is 0 Å². The smallest absolute Gasteiger partial charge is 0.179 e. The molecule has 0 aromatic heterocycles. The molecule has 1 aromatic rings. The van der Waals surface area contributed by atoms with Gasteiger partial charge in [0, 0.05) is 31.6 Å². The highest BCUT2D eigenvalue weighted by molar-refractivity contribution is 6.32. The van der Waals surface area contributed by atoms with Gasteiger partial charge in [-0.05, 0) is 58.0 Å². The van der Waals surface area contributed by atoms with Crippen molar-refractivity contribution in [1.82, 2.24) is 9.80 Å². The van der Waals surface area contributed by atoms with Crippen molar-refractivity contribution in [3.63, 3.8) is 0 Å². The normalized spacial score (nSPS) is 20.5. The van der Waals surface area contributed by atoms with Crippen LogP contribution in [0.3, 0.4) is 0 Å². The monoisotopic (exact) mass is 352 g/mol. The van der Waals surface area contributed by atoms with Crippen LogP contribution in [0.2, 0.25) is 5.02 Å². The molecule has 0 atom stereocenters. The van der Waals surface area contributed by atoms with Crippen molar-refractivity contribution in [2.45, 2.75) is 45.7 Å². The average molecular weight is 353 g/mol. The Hall–Kier alpha value is -0.970. The molecule has 2 aliphatic heterocycles. The number of benzene rings is 1. The summed E-state index contributed by atoms with van der Waals surface area (Å²) in [6.07, 6.45) is 2.10. The second-order valence-electron chi connectivity index (χ2n) is 7.74. The first-order chi connectivity index (χ1) is 11.4. The molecule has 1 fully saturated rings. The van der Waals surface area contributed by atoms with E-state index < -0.39 is 0 Å². The average Bonchev–Trinajstić information content (AvgIpc) is 2.87. The van der Waals surface area contributed by atoms with E-state index in [4.69, 9.17) is 21.1 Å². The number of halogens is 1. The number of hydrogen-bond acceptors (Lipinski definition) is 4. The summed E-state index contributed by atoms with van der Waals surface area (Å²) >= 11 is 6.42. The minimum atomic E-state index is 0.245. The van der Waals surface area contributed by atoms with E-state index in [-0.39, 0.29) is 5.54 Å². The summed E-state index contributed by atoms with van der Waals surface area (Å²) in [5, 5.41) is 0.663. The summed E-state index contributed by atoms with van der Waals surface area (Å²) in [5.74, 6) is 1.49. The molecule has 0 radical (unpaired) electrons. The van der Waals surface area contributed by atoms with Gasteiger partial charge in [-0.15, -0.1) is 0 Å². The van der Waals surface area contributed by atoms with E-state index in [1.54, 1.807) is 0 Å². The van der Waals surface area contributed by atoms with E-state index in [0.717, 1.165) is 38.3 Å². The van der Waals surface area contributed by atoms with Crippen molar-refractivity contribution >= 4 is 11.6 Å². The van der Waals surface area contributed by atoms with Gasteiger partial charge in [0.2, 0.25) is 0 Å². The lowest BCUT2D eigenvalue weighted by Gasteiger charge is -2.34. The van der Waals surface area contributed by atoms with Gasteiger partial charge in [0.1, 0.15) is 0 Å². The standard InChI is InChI=1S/C19H29ClN2O2/c1-19(2,3)22-7-4-6-21(8-9-22)14-15-12-16(20)18-17(13-15)23-10-5-11-24-18/h12-13H,4-11,14H2,1-3H3. The maximum atomic E-state index is 6.42. The van der Waals surface area contributed by atoms with E-state index in [1.807, 2.05) is 6.07 Å². The maximum absolute atomic E-state index is 6.42. The molecule has 0 saturated carbocycles. The minimum Gasteiger partial charge on any atom is -0.489 e. The third kappa shape index (κ3) is 4.35. The molecule has 0 unspecified atom stereocenters. The Labute approximate surface area is 150 Å². The largest absolute Gasteiger partial charge is 0.489 e. The minimum absolute atomic E-state index is 0.245. The van der Waals surface area contributed by atoms with Gasteiger partial charge >= 0.3 is 0 Å². The van der Waals surface area contributed by atoms with E-state index in [1.165, 1.54) is 18.5 Å². The van der Waals surface area contributed by atoms with Crippen LogP contribution in [0.15, 0.2) is 12.1 Å². The van der Waals surface area contributed by atoms with Crippen LogP contribution in [0.1, 0.15) is 39.2 Å². The summed E-state index contributed by atoms with van der Waals surface area (Å²) in [5.41, 5.74) is 1.45. The van der Waals surface area contributed by atoms with Crippen LogP contribution >= 0.6 is 11.6 Å². The van der Waals surface area contributed by atoms with Crippen molar-refractivity contribution in [3.05, 3.63) is 22.7 Å². The van der Waals surface area contributed by atoms with Crippen molar-refractivity contribution < 1.29 is 9.47 Å². The van der Waals surface area contributed by atoms with Crippen LogP contribution in [0.25, 0.3) is 0 Å². The van der Waals surface area contributed by atoms with Crippen LogP contribution in [0.4, 0.5) is 0 Å². The lowest BCUT2D eigenvalue weighted by molar-refractivity contribution is 0.140. The maximum Gasteiger partial charge on any atom is 0.179 e. The summed E-state index contributed by atoms with van der Waals surface area (Å²) in [4.78, 5) is 5.09. The highest BCUT2D eigenvalue weighted by Crippen LogP contribution is 2.38. The summed E-state index contributed by atoms with van der Waals surface area (Å²) in [6, 6.07) is 4.13. The molecule has 2 aliphatic rings. The van der Waals surface area contributed by atoms with Crippen LogP contribution in [-0.2, 0) is 6.54 Å². The highest BCUT2D eigenvalue weighted by Gasteiger charge is 2.24. The van der Waals surface area contributed by atoms with Gasteiger partial charge in [-0.3, -0.25) is 9.80 Å². The molecule has 1 saturated heterocycles. The second kappa shape index (κ2) is 7.51. The Bertz CT molecular complexity index is 571. The Morgan fingerprint density at radius 3 is 2.58 bits per heavy atom. The fourth-order valence-corrected chi connectivity index (χ4v) is 3.72. The zero-order valence-electron chi connectivity index (χ0n) is 15.1. The third-order valence-electron chi connectivity index (χ3n) is 4.81. The number of hydrogen-bond donors (Lipinski definition) is 0. The van der Waals surface area contributed by atoms with Gasteiger partial charge in [0.25, 0.3) is 0 Å². The Morgan fingerprint density at radius 2 is 1.79 bits per heavy atom. The molecule has 0 N–H and O–H groups in total. The number of nitrogens with zero attached hydrogens (tertiary/aromatic N) is 2. The highest BCUT2D eigenvalue weighted by atomic mass is 35.5. The van der Waals surface area contributed by atoms with Gasteiger partial charge in [0.15, 0.2) is 11.5 Å². The molecular formula is C19H29ClN2O2. The van der Waals surface area contributed by atoms with Gasteiger partial charge in [-0.2, -0.15) is 0 Å². The molecule has 0 spiro atoms. The molecule has 5 heteroatoms. The number of rotatable bonds is 2. The lowest BCUT2D eigenvalue weighted by Crippen LogP contribution is -2.43. The molecule has 24 heavy (non-hydrogen) atoms. The fourth-order valence-electron chi connectivity index (χ4n) is 3.43. The topological polar surface area (TPSA) is 24.9 Å². The Kier molecular flexibility index (Phi) is 5.58. The van der Waals surface area contributed by atoms with Gasteiger partial charge in [0.05, 0.1) is 18.2 Å². The lowest BCUT2D eigenvalue weighted by atomic mass is 10.1. The van der Waals surface area contributed by atoms with Crippen molar-refractivity contribution in [2.24, 2.45) is 0 Å². The predicted octanol–water partition coefficient (Wildman–Crippen LogP) is 3.81. The number of ether oxygens (including phenoxy) is 2. The molecule has 3 rings (SSSR count). The molecule has 4 nitrogen and oxygen atoms in total. The predicted molar refractivity (Wildman–Crippen MR) is 98.3 cm³/mol. The zero-order valence-corrected chi connectivity index (χ0v) is 15.9. The second-order valence-corrected chi connectivity index (χ2v) is 8.15. The van der Waals surface area contributed by atoms with Gasteiger partial charge in [-0.25, -0.2) is 0 Å². The van der Waals surface area contributed by atoms with E-state index in [0.29, 0.717) is 24.0 Å². The molecule has 134 valence electrons. The Balaban J connectivity index is 1.68. The van der Waals surface area contributed by atoms with Crippen molar-refractivity contribution in [3.8, 4) is 11.5 Å². The molecule has 1 aromatic carbocycles.